The molecule has 21 heavy (non-hydrogen) atoms. The smallest absolute Gasteiger partial charge is 0.291 e. The van der Waals surface area contributed by atoms with E-state index < -0.39 is 5.91 Å². The monoisotopic (exact) mass is 304 g/mol. The lowest BCUT2D eigenvalue weighted by molar-refractivity contribution is 0.0934. The molecule has 1 aromatic carbocycles. The Morgan fingerprint density at radius 3 is 2.62 bits per heavy atom. The fourth-order valence-electron chi connectivity index (χ4n) is 1.71. The van der Waals surface area contributed by atoms with E-state index in [0.717, 1.165) is 5.56 Å². The van der Waals surface area contributed by atoms with Gasteiger partial charge in [-0.1, -0.05) is 35.5 Å². The summed E-state index contributed by atoms with van der Waals surface area (Å²) >= 11 is 5.12. The van der Waals surface area contributed by atoms with Crippen molar-refractivity contribution < 1.29 is 9.32 Å². The predicted molar refractivity (Wildman–Crippen MR) is 82.4 cm³/mol. The maximum atomic E-state index is 11.7. The maximum Gasteiger partial charge on any atom is 0.291 e. The minimum absolute atomic E-state index is 0.0254. The Hall–Kier alpha value is -2.41. The molecular formula is C14H16N4O2S. The lowest BCUT2D eigenvalue weighted by Gasteiger charge is -2.17. The molecule has 2 rings (SSSR count). The molecule has 0 aliphatic rings. The summed E-state index contributed by atoms with van der Waals surface area (Å²) < 4.78 is 4.83. The normalized spacial score (nSPS) is 11.5. The quantitative estimate of drug-likeness (QED) is 0.593. The molecule has 2 aromatic rings. The standard InChI is InChI=1S/C14H16N4O2S/c1-9-8-12(18-20-9)13(19)16-17-14(21)15-10(2)11-6-4-3-5-7-11/h3-8,10H,1-2H3,(H,16,19)(H2,15,17,21)/t10-/m0/s1. The first-order valence-electron chi connectivity index (χ1n) is 6.41. The first kappa shape index (κ1) is 15.0. The van der Waals surface area contributed by atoms with Gasteiger partial charge in [0.25, 0.3) is 5.91 Å². The molecule has 1 aromatic heterocycles. The largest absolute Gasteiger partial charge is 0.361 e. The highest BCUT2D eigenvalue weighted by molar-refractivity contribution is 7.80. The number of aromatic nitrogens is 1. The second kappa shape index (κ2) is 6.85. The Morgan fingerprint density at radius 2 is 2.00 bits per heavy atom. The van der Waals surface area contributed by atoms with Crippen molar-refractivity contribution in [3.05, 3.63) is 53.4 Å². The maximum absolute atomic E-state index is 11.7. The van der Waals surface area contributed by atoms with Gasteiger partial charge in [-0.15, -0.1) is 0 Å². The molecule has 0 bridgehead atoms. The molecule has 3 N–H and O–H groups in total. The first-order valence-corrected chi connectivity index (χ1v) is 6.82. The Bertz CT molecular complexity index is 627. The van der Waals surface area contributed by atoms with E-state index >= 15 is 0 Å². The van der Waals surface area contributed by atoms with Crippen LogP contribution in [0.3, 0.4) is 0 Å². The van der Waals surface area contributed by atoms with Crippen molar-refractivity contribution in [2.24, 2.45) is 0 Å². The fraction of sp³-hybridized carbons (Fsp3) is 0.214. The number of amides is 1. The third-order valence-corrected chi connectivity index (χ3v) is 3.02. The zero-order chi connectivity index (χ0) is 15.2. The van der Waals surface area contributed by atoms with Crippen LogP contribution in [0.4, 0.5) is 0 Å². The molecule has 0 aliphatic carbocycles. The third-order valence-electron chi connectivity index (χ3n) is 2.80. The Morgan fingerprint density at radius 1 is 1.29 bits per heavy atom. The van der Waals surface area contributed by atoms with E-state index in [-0.39, 0.29) is 11.7 Å². The second-order valence-electron chi connectivity index (χ2n) is 4.51. The molecule has 0 unspecified atom stereocenters. The summed E-state index contributed by atoms with van der Waals surface area (Å²) in [6.07, 6.45) is 0. The van der Waals surface area contributed by atoms with Crippen molar-refractivity contribution in [1.82, 2.24) is 21.3 Å². The van der Waals surface area contributed by atoms with E-state index in [9.17, 15) is 4.79 Å². The van der Waals surface area contributed by atoms with Gasteiger partial charge < -0.3 is 9.84 Å². The molecule has 0 fully saturated rings. The summed E-state index contributed by atoms with van der Waals surface area (Å²) in [5, 5.41) is 7.00. The van der Waals surface area contributed by atoms with Crippen LogP contribution in [0.5, 0.6) is 0 Å². The third kappa shape index (κ3) is 4.28. The minimum atomic E-state index is -0.414. The lowest BCUT2D eigenvalue weighted by atomic mass is 10.1. The van der Waals surface area contributed by atoms with Crippen LogP contribution in [0.1, 0.15) is 34.8 Å². The van der Waals surface area contributed by atoms with Gasteiger partial charge in [-0.2, -0.15) is 0 Å². The van der Waals surface area contributed by atoms with Crippen molar-refractivity contribution in [3.8, 4) is 0 Å². The summed E-state index contributed by atoms with van der Waals surface area (Å²) in [7, 11) is 0. The first-order chi connectivity index (χ1) is 10.1. The van der Waals surface area contributed by atoms with Gasteiger partial charge in [-0.05, 0) is 31.6 Å². The topological polar surface area (TPSA) is 79.2 Å². The Balaban J connectivity index is 1.81. The van der Waals surface area contributed by atoms with Crippen LogP contribution in [-0.2, 0) is 0 Å². The molecule has 6 nitrogen and oxygen atoms in total. The van der Waals surface area contributed by atoms with Crippen LogP contribution in [-0.4, -0.2) is 16.2 Å². The molecule has 0 saturated carbocycles. The molecule has 0 radical (unpaired) electrons. The summed E-state index contributed by atoms with van der Waals surface area (Å²) in [6, 6.07) is 11.4. The van der Waals surface area contributed by atoms with Crippen molar-refractivity contribution in [2.45, 2.75) is 19.9 Å². The number of benzene rings is 1. The van der Waals surface area contributed by atoms with Gasteiger partial charge in [0.05, 0.1) is 6.04 Å². The SMILES string of the molecule is Cc1cc(C(=O)NNC(=S)N[C@@H](C)c2ccccc2)no1. The molecule has 0 aliphatic heterocycles. The summed E-state index contributed by atoms with van der Waals surface area (Å²) in [5.74, 6) is 0.155. The van der Waals surface area contributed by atoms with Gasteiger partial charge >= 0.3 is 0 Å². The fourth-order valence-corrected chi connectivity index (χ4v) is 1.94. The number of aryl methyl sites for hydroxylation is 1. The predicted octanol–water partition coefficient (Wildman–Crippen LogP) is 1.85. The van der Waals surface area contributed by atoms with E-state index in [1.807, 2.05) is 37.3 Å². The lowest BCUT2D eigenvalue weighted by Crippen LogP contribution is -2.47. The number of hydrogen-bond acceptors (Lipinski definition) is 4. The van der Waals surface area contributed by atoms with Crippen LogP contribution in [0.15, 0.2) is 40.9 Å². The van der Waals surface area contributed by atoms with Crippen molar-refractivity contribution in [2.75, 3.05) is 0 Å². The molecular weight excluding hydrogens is 288 g/mol. The summed E-state index contributed by atoms with van der Waals surface area (Å²) in [5.41, 5.74) is 6.37. The summed E-state index contributed by atoms with van der Waals surface area (Å²) in [6.45, 7) is 3.69. The highest BCUT2D eigenvalue weighted by atomic mass is 32.1. The highest BCUT2D eigenvalue weighted by Gasteiger charge is 2.11. The average molecular weight is 304 g/mol. The number of nitrogens with one attached hydrogen (secondary N) is 3. The van der Waals surface area contributed by atoms with E-state index in [2.05, 4.69) is 21.3 Å². The molecule has 1 amide bonds. The molecule has 7 heteroatoms. The number of hydrazine groups is 1. The average Bonchev–Trinajstić information content (AvgIpc) is 2.92. The van der Waals surface area contributed by atoms with Gasteiger partial charge in [-0.25, -0.2) is 0 Å². The zero-order valence-corrected chi connectivity index (χ0v) is 12.5. The Labute approximate surface area is 127 Å². The number of thiocarbonyl (C=S) groups is 1. The van der Waals surface area contributed by atoms with Crippen molar-refractivity contribution in [1.29, 1.82) is 0 Å². The molecule has 1 heterocycles. The van der Waals surface area contributed by atoms with Crippen LogP contribution >= 0.6 is 12.2 Å². The number of carbonyl (C=O) groups is 1. The van der Waals surface area contributed by atoms with Gasteiger partial charge in [-0.3, -0.25) is 15.6 Å². The van der Waals surface area contributed by atoms with E-state index in [4.69, 9.17) is 16.7 Å². The van der Waals surface area contributed by atoms with Crippen LogP contribution < -0.4 is 16.2 Å². The Kier molecular flexibility index (Phi) is 4.89. The van der Waals surface area contributed by atoms with E-state index in [1.165, 1.54) is 0 Å². The minimum Gasteiger partial charge on any atom is -0.361 e. The van der Waals surface area contributed by atoms with Crippen LogP contribution in [0, 0.1) is 6.92 Å². The molecule has 0 saturated heterocycles. The zero-order valence-electron chi connectivity index (χ0n) is 11.7. The number of hydrogen-bond donors (Lipinski definition) is 3. The van der Waals surface area contributed by atoms with E-state index in [1.54, 1.807) is 13.0 Å². The van der Waals surface area contributed by atoms with Gasteiger partial charge in [0, 0.05) is 6.07 Å². The number of rotatable bonds is 3. The van der Waals surface area contributed by atoms with E-state index in [0.29, 0.717) is 10.9 Å². The molecule has 0 spiro atoms. The number of nitrogens with zero attached hydrogens (tertiary/aromatic N) is 1. The van der Waals surface area contributed by atoms with Crippen molar-refractivity contribution >= 4 is 23.2 Å². The van der Waals surface area contributed by atoms with Crippen LogP contribution in [0.25, 0.3) is 0 Å². The highest BCUT2D eigenvalue weighted by Crippen LogP contribution is 2.10. The van der Waals surface area contributed by atoms with Crippen molar-refractivity contribution in [3.63, 3.8) is 0 Å². The van der Waals surface area contributed by atoms with Gasteiger partial charge in [0.2, 0.25) is 0 Å². The second-order valence-corrected chi connectivity index (χ2v) is 4.92. The molecule has 1 atom stereocenters. The molecule has 110 valence electrons. The van der Waals surface area contributed by atoms with Crippen LogP contribution in [0.2, 0.25) is 0 Å². The van der Waals surface area contributed by atoms with Gasteiger partial charge in [0.15, 0.2) is 10.8 Å². The summed E-state index contributed by atoms with van der Waals surface area (Å²) in [4.78, 5) is 11.7. The number of carbonyl (C=O) groups excluding carboxylic acids is 1. The van der Waals surface area contributed by atoms with Gasteiger partial charge in [0.1, 0.15) is 5.76 Å².